The molecule has 0 amide bonds. The second kappa shape index (κ2) is 6.36. The summed E-state index contributed by atoms with van der Waals surface area (Å²) in [5.74, 6) is -0.0674. The van der Waals surface area contributed by atoms with Crippen LogP contribution in [0.3, 0.4) is 0 Å². The Morgan fingerprint density at radius 3 is 1.96 bits per heavy atom. The molecular weight excluding hydrogens is 355 g/mol. The second-order valence-electron chi connectivity index (χ2n) is 5.61. The Labute approximate surface area is 154 Å². The Bertz CT molecular complexity index is 994. The van der Waals surface area contributed by atoms with Gasteiger partial charge in [-0.25, -0.2) is 0 Å². The van der Waals surface area contributed by atoms with E-state index in [1.54, 1.807) is 6.07 Å². The van der Waals surface area contributed by atoms with Crippen LogP contribution in [-0.4, -0.2) is 17.0 Å². The Morgan fingerprint density at radius 2 is 1.36 bits per heavy atom. The molecular formula is C20H12Cl2N2O. The summed E-state index contributed by atoms with van der Waals surface area (Å²) in [6.45, 7) is 0. The summed E-state index contributed by atoms with van der Waals surface area (Å²) in [7, 11) is 0. The lowest BCUT2D eigenvalue weighted by Crippen LogP contribution is -1.97. The van der Waals surface area contributed by atoms with Crippen LogP contribution in [0.4, 0.5) is 0 Å². The van der Waals surface area contributed by atoms with Gasteiger partial charge < -0.3 is 5.11 Å². The highest BCUT2D eigenvalue weighted by atomic mass is 35.5. The Morgan fingerprint density at radius 1 is 0.800 bits per heavy atom. The molecule has 0 saturated carbocycles. The zero-order valence-electron chi connectivity index (χ0n) is 12.9. The second-order valence-corrected chi connectivity index (χ2v) is 6.45. The summed E-state index contributed by atoms with van der Waals surface area (Å²) in [4.78, 5) is 0. The van der Waals surface area contributed by atoms with Gasteiger partial charge in [0.2, 0.25) is 0 Å². The third-order valence-electron chi connectivity index (χ3n) is 4.07. The van der Waals surface area contributed by atoms with E-state index in [1.807, 2.05) is 36.4 Å². The zero-order chi connectivity index (χ0) is 17.4. The molecule has 4 rings (SSSR count). The van der Waals surface area contributed by atoms with Crippen molar-refractivity contribution in [1.82, 2.24) is 0 Å². The van der Waals surface area contributed by atoms with E-state index in [0.29, 0.717) is 10.6 Å². The van der Waals surface area contributed by atoms with Crippen LogP contribution in [0, 0.1) is 0 Å². The van der Waals surface area contributed by atoms with Gasteiger partial charge in [-0.1, -0.05) is 71.7 Å². The molecule has 0 aliphatic heterocycles. The predicted molar refractivity (Wildman–Crippen MR) is 103 cm³/mol. The normalized spacial score (nSPS) is 12.3. The molecule has 3 nitrogen and oxygen atoms in total. The van der Waals surface area contributed by atoms with E-state index in [0.717, 1.165) is 28.0 Å². The smallest absolute Gasteiger partial charge is 0.143 e. The van der Waals surface area contributed by atoms with E-state index in [4.69, 9.17) is 23.2 Å². The van der Waals surface area contributed by atoms with Crippen molar-refractivity contribution in [3.05, 3.63) is 87.4 Å². The fourth-order valence-corrected chi connectivity index (χ4v) is 3.44. The summed E-state index contributed by atoms with van der Waals surface area (Å²) >= 11 is 11.9. The van der Waals surface area contributed by atoms with Gasteiger partial charge in [-0.15, -0.1) is 5.10 Å². The van der Waals surface area contributed by atoms with E-state index in [1.165, 1.54) is 12.3 Å². The summed E-state index contributed by atoms with van der Waals surface area (Å²) in [5.41, 5.74) is 5.57. The number of aromatic hydroxyl groups is 1. The van der Waals surface area contributed by atoms with Crippen molar-refractivity contribution in [2.45, 2.75) is 0 Å². The number of halogens is 2. The van der Waals surface area contributed by atoms with Crippen LogP contribution < -0.4 is 0 Å². The molecule has 0 spiro atoms. The fourth-order valence-electron chi connectivity index (χ4n) is 2.93. The molecule has 0 fully saturated rings. The van der Waals surface area contributed by atoms with E-state index >= 15 is 0 Å². The molecule has 1 aliphatic carbocycles. The van der Waals surface area contributed by atoms with Crippen LogP contribution >= 0.6 is 23.2 Å². The highest BCUT2D eigenvalue weighted by Crippen LogP contribution is 2.36. The van der Waals surface area contributed by atoms with Gasteiger partial charge in [-0.2, -0.15) is 5.10 Å². The maximum atomic E-state index is 10.00. The van der Waals surface area contributed by atoms with E-state index < -0.39 is 0 Å². The minimum absolute atomic E-state index is 0.0674. The highest BCUT2D eigenvalue weighted by Gasteiger charge is 2.23. The lowest BCUT2D eigenvalue weighted by atomic mass is 10.1. The van der Waals surface area contributed by atoms with Crippen LogP contribution in [-0.2, 0) is 0 Å². The third kappa shape index (κ3) is 2.82. The third-order valence-corrected chi connectivity index (χ3v) is 4.57. The van der Waals surface area contributed by atoms with Crippen molar-refractivity contribution in [3.8, 4) is 16.9 Å². The van der Waals surface area contributed by atoms with Crippen molar-refractivity contribution in [3.63, 3.8) is 0 Å². The standard InChI is InChI=1S/C20H12Cl2N2O/c21-13-9-12(20(25)18(22)10-13)11-23-24-19-16-7-3-1-5-14(16)15-6-2-4-8-17(15)19/h1-11,25H. The zero-order valence-corrected chi connectivity index (χ0v) is 14.5. The number of hydrogen-bond donors (Lipinski definition) is 1. The molecule has 0 bridgehead atoms. The number of rotatable bonds is 2. The van der Waals surface area contributed by atoms with Gasteiger partial charge in [-0.3, -0.25) is 0 Å². The van der Waals surface area contributed by atoms with E-state index in [2.05, 4.69) is 22.3 Å². The maximum absolute atomic E-state index is 10.00. The van der Waals surface area contributed by atoms with Crippen LogP contribution in [0.2, 0.25) is 10.0 Å². The van der Waals surface area contributed by atoms with Crippen LogP contribution in [0.1, 0.15) is 16.7 Å². The average Bonchev–Trinajstić information content (AvgIpc) is 2.93. The van der Waals surface area contributed by atoms with Gasteiger partial charge in [0.15, 0.2) is 0 Å². The molecule has 1 N–H and O–H groups in total. The first kappa shape index (κ1) is 15.9. The lowest BCUT2D eigenvalue weighted by Gasteiger charge is -2.02. The average molecular weight is 367 g/mol. The predicted octanol–water partition coefficient (Wildman–Crippen LogP) is 5.55. The monoisotopic (exact) mass is 366 g/mol. The number of phenolic OH excluding ortho intramolecular Hbond substituents is 1. The van der Waals surface area contributed by atoms with Gasteiger partial charge in [-0.05, 0) is 23.3 Å². The lowest BCUT2D eigenvalue weighted by molar-refractivity contribution is 0.474. The molecule has 0 atom stereocenters. The molecule has 0 radical (unpaired) electrons. The first-order chi connectivity index (χ1) is 12.1. The molecule has 122 valence electrons. The molecule has 0 saturated heterocycles. The fraction of sp³-hybridized carbons (Fsp3) is 0. The van der Waals surface area contributed by atoms with E-state index in [-0.39, 0.29) is 10.8 Å². The SMILES string of the molecule is Oc1c(Cl)cc(Cl)cc1C=NN=C1c2ccccc2-c2ccccc21. The van der Waals surface area contributed by atoms with Gasteiger partial charge >= 0.3 is 0 Å². The Hall–Kier alpha value is -2.62. The number of phenols is 1. The van der Waals surface area contributed by atoms with E-state index in [9.17, 15) is 5.11 Å². The molecule has 0 unspecified atom stereocenters. The van der Waals surface area contributed by atoms with Crippen molar-refractivity contribution < 1.29 is 5.11 Å². The number of benzene rings is 3. The quantitative estimate of drug-likeness (QED) is 0.366. The minimum atomic E-state index is -0.0674. The maximum Gasteiger partial charge on any atom is 0.143 e. The van der Waals surface area contributed by atoms with Crippen molar-refractivity contribution >= 4 is 35.1 Å². The summed E-state index contributed by atoms with van der Waals surface area (Å²) < 4.78 is 0. The molecule has 25 heavy (non-hydrogen) atoms. The first-order valence-electron chi connectivity index (χ1n) is 7.63. The summed E-state index contributed by atoms with van der Waals surface area (Å²) in [5, 5.41) is 19.1. The van der Waals surface area contributed by atoms with Crippen LogP contribution in [0.15, 0.2) is 70.9 Å². The molecule has 3 aromatic rings. The summed E-state index contributed by atoms with van der Waals surface area (Å²) in [6, 6.07) is 19.2. The van der Waals surface area contributed by atoms with Crippen LogP contribution in [0.5, 0.6) is 5.75 Å². The van der Waals surface area contributed by atoms with Crippen molar-refractivity contribution in [1.29, 1.82) is 0 Å². The molecule has 0 heterocycles. The number of nitrogens with zero attached hydrogens (tertiary/aromatic N) is 2. The van der Waals surface area contributed by atoms with Gasteiger partial charge in [0.05, 0.1) is 11.2 Å². The molecule has 1 aliphatic rings. The first-order valence-corrected chi connectivity index (χ1v) is 8.39. The van der Waals surface area contributed by atoms with Crippen molar-refractivity contribution in [2.75, 3.05) is 0 Å². The molecule has 5 heteroatoms. The van der Waals surface area contributed by atoms with Gasteiger partial charge in [0.25, 0.3) is 0 Å². The van der Waals surface area contributed by atoms with Gasteiger partial charge in [0.1, 0.15) is 11.5 Å². The highest BCUT2D eigenvalue weighted by molar-refractivity contribution is 6.36. The summed E-state index contributed by atoms with van der Waals surface area (Å²) in [6.07, 6.45) is 1.45. The van der Waals surface area contributed by atoms with Crippen LogP contribution in [0.25, 0.3) is 11.1 Å². The topological polar surface area (TPSA) is 45.0 Å². The Kier molecular flexibility index (Phi) is 4.04. The number of fused-ring (bicyclic) bond motifs is 3. The Balaban J connectivity index is 1.78. The van der Waals surface area contributed by atoms with Crippen molar-refractivity contribution in [2.24, 2.45) is 10.2 Å². The molecule has 3 aromatic carbocycles. The number of hydrogen-bond acceptors (Lipinski definition) is 3. The largest absolute Gasteiger partial charge is 0.506 e. The molecule has 0 aromatic heterocycles. The van der Waals surface area contributed by atoms with Gasteiger partial charge in [0, 0.05) is 21.7 Å². The minimum Gasteiger partial charge on any atom is -0.506 e.